The van der Waals surface area contributed by atoms with Gasteiger partial charge in [0.05, 0.1) is 19.1 Å². The number of aryl methyl sites for hydroxylation is 3. The molecule has 5 heteroatoms. The molecule has 0 spiro atoms. The average Bonchev–Trinajstić information content (AvgIpc) is 2.43. The lowest BCUT2D eigenvalue weighted by Gasteiger charge is -2.32. The van der Waals surface area contributed by atoms with E-state index in [9.17, 15) is 9.59 Å². The number of morpholine rings is 1. The number of amides is 1. The maximum atomic E-state index is 12.3. The number of ether oxygens (including phenoxy) is 1. The van der Waals surface area contributed by atoms with Gasteiger partial charge in [-0.25, -0.2) is 0 Å². The third-order valence-electron chi connectivity index (χ3n) is 3.80. The van der Waals surface area contributed by atoms with Gasteiger partial charge in [-0.1, -0.05) is 29.3 Å². The molecule has 0 saturated carbocycles. The lowest BCUT2D eigenvalue weighted by Crippen LogP contribution is -2.46. The Morgan fingerprint density at radius 2 is 1.95 bits per heavy atom. The zero-order valence-corrected chi connectivity index (χ0v) is 13.2. The molecule has 0 radical (unpaired) electrons. The molecule has 1 aromatic rings. The van der Waals surface area contributed by atoms with Crippen LogP contribution in [0.3, 0.4) is 0 Å². The minimum atomic E-state index is -0.894. The van der Waals surface area contributed by atoms with Gasteiger partial charge in [0.2, 0.25) is 5.91 Å². The van der Waals surface area contributed by atoms with E-state index in [1.54, 1.807) is 4.90 Å². The minimum absolute atomic E-state index is 0.0547. The van der Waals surface area contributed by atoms with Crippen LogP contribution in [-0.2, 0) is 20.7 Å². The van der Waals surface area contributed by atoms with Gasteiger partial charge in [0.25, 0.3) is 0 Å². The molecule has 1 unspecified atom stereocenters. The molecule has 1 aliphatic rings. The third kappa shape index (κ3) is 4.84. The van der Waals surface area contributed by atoms with Crippen LogP contribution in [0.4, 0.5) is 0 Å². The van der Waals surface area contributed by atoms with Gasteiger partial charge in [0.1, 0.15) is 0 Å². The maximum absolute atomic E-state index is 12.3. The van der Waals surface area contributed by atoms with Gasteiger partial charge in [-0.15, -0.1) is 0 Å². The monoisotopic (exact) mass is 305 g/mol. The molecule has 1 heterocycles. The molecule has 1 atom stereocenters. The smallest absolute Gasteiger partial charge is 0.306 e. The van der Waals surface area contributed by atoms with Crippen LogP contribution in [0.1, 0.15) is 29.5 Å². The minimum Gasteiger partial charge on any atom is -0.481 e. The highest BCUT2D eigenvalue weighted by molar-refractivity contribution is 5.76. The number of hydrogen-bond donors (Lipinski definition) is 1. The highest BCUT2D eigenvalue weighted by Gasteiger charge is 2.25. The molecule has 120 valence electrons. The van der Waals surface area contributed by atoms with Crippen molar-refractivity contribution in [2.45, 2.75) is 39.2 Å². The topological polar surface area (TPSA) is 66.8 Å². The van der Waals surface area contributed by atoms with Crippen LogP contribution in [0.25, 0.3) is 0 Å². The van der Waals surface area contributed by atoms with Gasteiger partial charge in [-0.2, -0.15) is 0 Å². The van der Waals surface area contributed by atoms with E-state index >= 15 is 0 Å². The van der Waals surface area contributed by atoms with Crippen LogP contribution in [0.15, 0.2) is 18.2 Å². The zero-order valence-electron chi connectivity index (χ0n) is 13.2. The molecular weight excluding hydrogens is 282 g/mol. The molecule has 1 fully saturated rings. The molecule has 1 amide bonds. The molecule has 5 nitrogen and oxygen atoms in total. The first kappa shape index (κ1) is 16.5. The fourth-order valence-corrected chi connectivity index (χ4v) is 2.89. The van der Waals surface area contributed by atoms with E-state index in [4.69, 9.17) is 9.84 Å². The van der Waals surface area contributed by atoms with Crippen LogP contribution in [0.2, 0.25) is 0 Å². The Bertz CT molecular complexity index is 535. The second-order valence-electron chi connectivity index (χ2n) is 5.93. The van der Waals surface area contributed by atoms with Crippen molar-refractivity contribution < 1.29 is 19.4 Å². The summed E-state index contributed by atoms with van der Waals surface area (Å²) in [4.78, 5) is 24.8. The number of carboxylic acid groups (broad SMARTS) is 1. The molecule has 22 heavy (non-hydrogen) atoms. The molecule has 1 aliphatic heterocycles. The Balaban J connectivity index is 1.87. The fourth-order valence-electron chi connectivity index (χ4n) is 2.89. The maximum Gasteiger partial charge on any atom is 0.306 e. The molecule has 1 saturated heterocycles. The normalized spacial score (nSPS) is 18.3. The second-order valence-corrected chi connectivity index (χ2v) is 5.93. The van der Waals surface area contributed by atoms with Crippen LogP contribution >= 0.6 is 0 Å². The molecule has 0 aromatic heterocycles. The molecule has 0 bridgehead atoms. The number of carbonyl (C=O) groups excluding carboxylic acids is 1. The van der Waals surface area contributed by atoms with E-state index in [0.717, 1.165) is 0 Å². The van der Waals surface area contributed by atoms with E-state index in [1.165, 1.54) is 16.7 Å². The number of aliphatic carboxylic acids is 1. The van der Waals surface area contributed by atoms with Gasteiger partial charge >= 0.3 is 5.97 Å². The van der Waals surface area contributed by atoms with Crippen LogP contribution in [0.5, 0.6) is 0 Å². The summed E-state index contributed by atoms with van der Waals surface area (Å²) >= 11 is 0. The quantitative estimate of drug-likeness (QED) is 0.903. The largest absolute Gasteiger partial charge is 0.481 e. The van der Waals surface area contributed by atoms with Gasteiger partial charge in [-0.3, -0.25) is 9.59 Å². The molecule has 1 N–H and O–H groups in total. The van der Waals surface area contributed by atoms with E-state index < -0.39 is 12.1 Å². The average molecular weight is 305 g/mol. The summed E-state index contributed by atoms with van der Waals surface area (Å²) < 4.78 is 5.39. The summed E-state index contributed by atoms with van der Waals surface area (Å²) in [6.07, 6.45) is 0.711. The number of nitrogens with zero attached hydrogens (tertiary/aromatic N) is 1. The first-order valence-corrected chi connectivity index (χ1v) is 7.62. The number of rotatable bonds is 5. The number of hydrogen-bond acceptors (Lipinski definition) is 3. The predicted molar refractivity (Wildman–Crippen MR) is 82.8 cm³/mol. The molecule has 0 aliphatic carbocycles. The van der Waals surface area contributed by atoms with E-state index in [1.807, 2.05) is 0 Å². The van der Waals surface area contributed by atoms with Gasteiger partial charge in [-0.05, 0) is 25.8 Å². The van der Waals surface area contributed by atoms with Crippen molar-refractivity contribution in [1.82, 2.24) is 4.90 Å². The molecular formula is C17H23NO4. The van der Waals surface area contributed by atoms with Crippen LogP contribution < -0.4 is 0 Å². The summed E-state index contributed by atoms with van der Waals surface area (Å²) in [6.45, 7) is 5.43. The first-order valence-electron chi connectivity index (χ1n) is 7.62. The van der Waals surface area contributed by atoms with Gasteiger partial charge in [0, 0.05) is 19.5 Å². The van der Waals surface area contributed by atoms with E-state index in [0.29, 0.717) is 32.5 Å². The lowest BCUT2D eigenvalue weighted by atomic mass is 10.0. The summed E-state index contributed by atoms with van der Waals surface area (Å²) in [5.41, 5.74) is 3.58. The first-order chi connectivity index (χ1) is 10.4. The Morgan fingerprint density at radius 1 is 1.27 bits per heavy atom. The lowest BCUT2D eigenvalue weighted by molar-refractivity contribution is -0.147. The number of benzene rings is 1. The van der Waals surface area contributed by atoms with Crippen molar-refractivity contribution in [3.63, 3.8) is 0 Å². The predicted octanol–water partition coefficient (Wildman–Crippen LogP) is 1.94. The fraction of sp³-hybridized carbons (Fsp3) is 0.529. The van der Waals surface area contributed by atoms with Gasteiger partial charge < -0.3 is 14.7 Å². The third-order valence-corrected chi connectivity index (χ3v) is 3.80. The highest BCUT2D eigenvalue weighted by Crippen LogP contribution is 2.14. The summed E-state index contributed by atoms with van der Waals surface area (Å²) in [5, 5.41) is 8.81. The van der Waals surface area contributed by atoms with E-state index in [2.05, 4.69) is 32.0 Å². The van der Waals surface area contributed by atoms with Crippen molar-refractivity contribution >= 4 is 11.9 Å². The van der Waals surface area contributed by atoms with Crippen LogP contribution in [0, 0.1) is 13.8 Å². The van der Waals surface area contributed by atoms with Crippen LogP contribution in [-0.4, -0.2) is 47.7 Å². The van der Waals surface area contributed by atoms with Crippen molar-refractivity contribution in [3.05, 3.63) is 34.9 Å². The van der Waals surface area contributed by atoms with Crippen molar-refractivity contribution in [2.24, 2.45) is 0 Å². The van der Waals surface area contributed by atoms with Crippen molar-refractivity contribution in [1.29, 1.82) is 0 Å². The Morgan fingerprint density at radius 3 is 2.59 bits per heavy atom. The van der Waals surface area contributed by atoms with Crippen molar-refractivity contribution in [3.8, 4) is 0 Å². The number of carboxylic acids is 1. The summed E-state index contributed by atoms with van der Waals surface area (Å²) in [7, 11) is 0. The van der Waals surface area contributed by atoms with Crippen molar-refractivity contribution in [2.75, 3.05) is 19.7 Å². The highest BCUT2D eigenvalue weighted by atomic mass is 16.5. The Hall–Kier alpha value is -1.88. The summed E-state index contributed by atoms with van der Waals surface area (Å²) in [6, 6.07) is 6.32. The standard InChI is InChI=1S/C17H23NO4/c1-12-7-13(2)9-14(8-12)3-4-16(19)18-5-6-22-15(11-18)10-17(20)21/h7-9,15H,3-6,10-11H2,1-2H3,(H,20,21). The number of carbonyl (C=O) groups is 2. The SMILES string of the molecule is Cc1cc(C)cc(CCC(=O)N2CCOC(CC(=O)O)C2)c1. The Kier molecular flexibility index (Phi) is 5.55. The zero-order chi connectivity index (χ0) is 16.1. The molecule has 2 rings (SSSR count). The second kappa shape index (κ2) is 7.40. The molecule has 1 aromatic carbocycles. The Labute approximate surface area is 130 Å². The van der Waals surface area contributed by atoms with E-state index in [-0.39, 0.29) is 12.3 Å². The van der Waals surface area contributed by atoms with Gasteiger partial charge in [0.15, 0.2) is 0 Å². The summed E-state index contributed by atoms with van der Waals surface area (Å²) in [5.74, 6) is -0.826.